The van der Waals surface area contributed by atoms with Crippen molar-refractivity contribution >= 4 is 11.9 Å². The molecule has 382 valence electrons. The van der Waals surface area contributed by atoms with Gasteiger partial charge in [-0.05, 0) is 83.5 Å². The van der Waals surface area contributed by atoms with Gasteiger partial charge in [-0.25, -0.2) is 0 Å². The summed E-state index contributed by atoms with van der Waals surface area (Å²) in [6.07, 6.45) is 73.5. The van der Waals surface area contributed by atoms with Crippen LogP contribution in [0, 0.1) is 0 Å². The van der Waals surface area contributed by atoms with E-state index in [0.717, 1.165) is 70.6 Å². The van der Waals surface area contributed by atoms with E-state index in [1.54, 1.807) is 0 Å². The fourth-order valence-electron chi connectivity index (χ4n) is 8.01. The van der Waals surface area contributed by atoms with E-state index in [1.165, 1.54) is 173 Å². The first kappa shape index (κ1) is 63.3. The van der Waals surface area contributed by atoms with Crippen LogP contribution in [0.1, 0.15) is 278 Å². The molecule has 0 aliphatic carbocycles. The van der Waals surface area contributed by atoms with Crippen molar-refractivity contribution in [2.75, 3.05) is 19.8 Å². The molecule has 0 aromatic rings. The van der Waals surface area contributed by atoms with E-state index in [9.17, 15) is 9.59 Å². The lowest BCUT2D eigenvalue weighted by Crippen LogP contribution is -2.30. The number of ether oxygens (including phenoxy) is 3. The molecule has 0 aliphatic heterocycles. The minimum Gasteiger partial charge on any atom is -0.462 e. The van der Waals surface area contributed by atoms with Gasteiger partial charge in [0.25, 0.3) is 0 Å². The maximum atomic E-state index is 12.8. The van der Waals surface area contributed by atoms with E-state index in [1.807, 2.05) is 0 Å². The van der Waals surface area contributed by atoms with Gasteiger partial charge in [0.05, 0.1) is 6.61 Å². The Hall–Kier alpha value is -2.66. The SMILES string of the molecule is CC/C=C\C/C=C\C/C=C\C/C=C\C/C=C\CCCC(=O)OC(COCCCCCCCCCCCCCCCC)COC(=O)CCCCCCCCCCC/C=C\CCCCCCCC. The Bertz CT molecular complexity index is 1180. The summed E-state index contributed by atoms with van der Waals surface area (Å²) in [6, 6.07) is 0. The molecular weight excluding hydrogens is 813 g/mol. The minimum absolute atomic E-state index is 0.0625. The number of allylic oxidation sites excluding steroid dienone is 12. The lowest BCUT2D eigenvalue weighted by Gasteiger charge is -2.18. The van der Waals surface area contributed by atoms with Gasteiger partial charge in [-0.1, -0.05) is 254 Å². The van der Waals surface area contributed by atoms with E-state index in [4.69, 9.17) is 14.2 Å². The van der Waals surface area contributed by atoms with Crippen molar-refractivity contribution in [1.29, 1.82) is 0 Å². The molecule has 0 rings (SSSR count). The van der Waals surface area contributed by atoms with Crippen LogP contribution in [0.15, 0.2) is 72.9 Å². The summed E-state index contributed by atoms with van der Waals surface area (Å²) in [7, 11) is 0. The third-order valence-electron chi connectivity index (χ3n) is 12.2. The molecule has 0 spiro atoms. The van der Waals surface area contributed by atoms with Crippen molar-refractivity contribution in [2.45, 2.75) is 284 Å². The first-order valence-electron chi connectivity index (χ1n) is 28.5. The second-order valence-electron chi connectivity index (χ2n) is 18.8. The molecule has 0 aliphatic rings. The molecule has 0 radical (unpaired) electrons. The Morgan fingerprint density at radius 3 is 1.15 bits per heavy atom. The zero-order chi connectivity index (χ0) is 47.7. The fourth-order valence-corrected chi connectivity index (χ4v) is 8.01. The highest BCUT2D eigenvalue weighted by Crippen LogP contribution is 2.15. The number of carbonyl (C=O) groups is 2. The number of rotatable bonds is 52. The summed E-state index contributed by atoms with van der Waals surface area (Å²) < 4.78 is 17.4. The van der Waals surface area contributed by atoms with Crippen LogP contribution in [-0.4, -0.2) is 37.9 Å². The number of unbranched alkanes of at least 4 members (excludes halogenated alkanes) is 29. The van der Waals surface area contributed by atoms with Crippen LogP contribution in [-0.2, 0) is 23.8 Å². The van der Waals surface area contributed by atoms with Crippen LogP contribution in [0.2, 0.25) is 0 Å². The molecule has 0 N–H and O–H groups in total. The van der Waals surface area contributed by atoms with Gasteiger partial charge in [-0.2, -0.15) is 0 Å². The van der Waals surface area contributed by atoms with Crippen molar-refractivity contribution < 1.29 is 23.8 Å². The zero-order valence-electron chi connectivity index (χ0n) is 44.0. The van der Waals surface area contributed by atoms with E-state index < -0.39 is 6.10 Å². The Morgan fingerprint density at radius 1 is 0.348 bits per heavy atom. The van der Waals surface area contributed by atoms with Crippen LogP contribution in [0.5, 0.6) is 0 Å². The Labute approximate surface area is 410 Å². The summed E-state index contributed by atoms with van der Waals surface area (Å²) in [5.74, 6) is -0.457. The maximum Gasteiger partial charge on any atom is 0.306 e. The standard InChI is InChI=1S/C61H108O5/c1-4-7-10-13-16-19-22-25-28-30-31-33-34-36-39-42-45-48-51-54-60(62)65-58-59(57-64-56-53-50-47-44-41-38-27-24-21-18-15-12-9-6-3)66-61(63)55-52-49-46-43-40-37-35-32-29-26-23-20-17-14-11-8-5-2/h8,11,17,20,25-26,28-29,35,37,43,46,59H,4-7,9-10,12-16,18-19,21-24,27,30-34,36,38-42,44-45,47-58H2,1-3H3/b11-8-,20-17-,28-25-,29-26-,37-35-,46-43-. The molecule has 0 fully saturated rings. The van der Waals surface area contributed by atoms with Gasteiger partial charge in [-0.15, -0.1) is 0 Å². The van der Waals surface area contributed by atoms with E-state index in [2.05, 4.69) is 93.7 Å². The number of carbonyl (C=O) groups excluding carboxylic acids is 2. The van der Waals surface area contributed by atoms with Crippen LogP contribution >= 0.6 is 0 Å². The van der Waals surface area contributed by atoms with Gasteiger partial charge >= 0.3 is 11.9 Å². The van der Waals surface area contributed by atoms with Crippen molar-refractivity contribution in [1.82, 2.24) is 0 Å². The Morgan fingerprint density at radius 2 is 0.697 bits per heavy atom. The van der Waals surface area contributed by atoms with E-state index >= 15 is 0 Å². The van der Waals surface area contributed by atoms with Crippen LogP contribution in [0.4, 0.5) is 0 Å². The number of hydrogen-bond donors (Lipinski definition) is 0. The van der Waals surface area contributed by atoms with E-state index in [-0.39, 0.29) is 25.2 Å². The molecule has 1 atom stereocenters. The summed E-state index contributed by atoms with van der Waals surface area (Å²) in [5, 5.41) is 0. The topological polar surface area (TPSA) is 61.8 Å². The first-order chi connectivity index (χ1) is 32.6. The lowest BCUT2D eigenvalue weighted by atomic mass is 10.0. The average molecular weight is 922 g/mol. The predicted octanol–water partition coefficient (Wildman–Crippen LogP) is 19.5. The molecule has 0 amide bonds. The second-order valence-corrected chi connectivity index (χ2v) is 18.8. The molecule has 5 heteroatoms. The molecule has 1 unspecified atom stereocenters. The summed E-state index contributed by atoms with van der Waals surface area (Å²) in [6.45, 7) is 7.69. The quantitative estimate of drug-likeness (QED) is 0.0346. The zero-order valence-corrected chi connectivity index (χ0v) is 44.0. The van der Waals surface area contributed by atoms with Gasteiger partial charge in [0.2, 0.25) is 0 Å². The van der Waals surface area contributed by atoms with Crippen molar-refractivity contribution in [3.8, 4) is 0 Å². The van der Waals surface area contributed by atoms with Gasteiger partial charge < -0.3 is 14.2 Å². The largest absolute Gasteiger partial charge is 0.462 e. The highest BCUT2D eigenvalue weighted by Gasteiger charge is 2.17. The van der Waals surface area contributed by atoms with Gasteiger partial charge in [-0.3, -0.25) is 9.59 Å². The third-order valence-corrected chi connectivity index (χ3v) is 12.2. The Kier molecular flexibility index (Phi) is 54.4. The normalized spacial score (nSPS) is 12.7. The lowest BCUT2D eigenvalue weighted by molar-refractivity contribution is -0.162. The molecule has 0 aromatic heterocycles. The summed E-state index contributed by atoms with van der Waals surface area (Å²) in [5.41, 5.74) is 0. The second kappa shape index (κ2) is 56.7. The molecule has 0 aromatic carbocycles. The van der Waals surface area contributed by atoms with Gasteiger partial charge in [0.1, 0.15) is 6.61 Å². The molecular formula is C61H108O5. The predicted molar refractivity (Wildman–Crippen MR) is 288 cm³/mol. The molecule has 66 heavy (non-hydrogen) atoms. The van der Waals surface area contributed by atoms with Gasteiger partial charge in [0, 0.05) is 19.4 Å². The minimum atomic E-state index is -0.567. The number of esters is 2. The average Bonchev–Trinajstić information content (AvgIpc) is 3.32. The Balaban J connectivity index is 4.32. The molecule has 5 nitrogen and oxygen atoms in total. The van der Waals surface area contributed by atoms with Crippen molar-refractivity contribution in [3.63, 3.8) is 0 Å². The summed E-state index contributed by atoms with van der Waals surface area (Å²) >= 11 is 0. The molecule has 0 heterocycles. The fraction of sp³-hybridized carbons (Fsp3) is 0.770. The van der Waals surface area contributed by atoms with Gasteiger partial charge in [0.15, 0.2) is 6.10 Å². The summed E-state index contributed by atoms with van der Waals surface area (Å²) in [4.78, 5) is 25.5. The first-order valence-corrected chi connectivity index (χ1v) is 28.5. The third kappa shape index (κ3) is 54.0. The van der Waals surface area contributed by atoms with Crippen LogP contribution in [0.25, 0.3) is 0 Å². The smallest absolute Gasteiger partial charge is 0.306 e. The van der Waals surface area contributed by atoms with E-state index in [0.29, 0.717) is 19.4 Å². The molecule has 0 saturated heterocycles. The van der Waals surface area contributed by atoms with Crippen molar-refractivity contribution in [3.05, 3.63) is 72.9 Å². The van der Waals surface area contributed by atoms with Crippen LogP contribution in [0.3, 0.4) is 0 Å². The highest BCUT2D eigenvalue weighted by molar-refractivity contribution is 5.70. The maximum absolute atomic E-state index is 12.8. The molecule has 0 bridgehead atoms. The van der Waals surface area contributed by atoms with Crippen molar-refractivity contribution in [2.24, 2.45) is 0 Å². The molecule has 0 saturated carbocycles. The number of hydrogen-bond acceptors (Lipinski definition) is 5. The highest BCUT2D eigenvalue weighted by atomic mass is 16.6. The monoisotopic (exact) mass is 921 g/mol. The van der Waals surface area contributed by atoms with Crippen LogP contribution < -0.4 is 0 Å².